The maximum absolute atomic E-state index is 14.1. The Hall–Kier alpha value is -4.81. The van der Waals surface area contributed by atoms with E-state index in [0.717, 1.165) is 112 Å². The molecule has 18 heteroatoms. The molecule has 4 saturated heterocycles. The van der Waals surface area contributed by atoms with E-state index >= 15 is 0 Å². The Labute approximate surface area is 378 Å². The number of nitrogens with one attached hydrogen (secondary N) is 2. The lowest BCUT2D eigenvalue weighted by molar-refractivity contribution is -0.138. The van der Waals surface area contributed by atoms with Crippen LogP contribution in [0.15, 0.2) is 52.3 Å². The van der Waals surface area contributed by atoms with Crippen molar-refractivity contribution in [2.24, 2.45) is 24.3 Å². The number of piperidine rings is 4. The van der Waals surface area contributed by atoms with Gasteiger partial charge in [0.2, 0.25) is 17.8 Å². The number of fused-ring (bicyclic) bond motifs is 1. The molecule has 6 heterocycles. The fraction of sp³-hybridized carbons (Fsp3) is 0.596. The molecule has 0 bridgehead atoms. The number of aryl methyl sites for hydroxylation is 2. The highest BCUT2D eigenvalue weighted by Gasteiger charge is 2.49. The lowest BCUT2D eigenvalue weighted by Crippen LogP contribution is -2.51. The molecule has 348 valence electrons. The van der Waals surface area contributed by atoms with E-state index in [0.29, 0.717) is 36.4 Å². The van der Waals surface area contributed by atoms with E-state index in [4.69, 9.17) is 0 Å². The van der Waals surface area contributed by atoms with Gasteiger partial charge >= 0.3 is 11.9 Å². The molecule has 2 aromatic heterocycles. The van der Waals surface area contributed by atoms with Gasteiger partial charge in [0, 0.05) is 68.2 Å². The van der Waals surface area contributed by atoms with Gasteiger partial charge in [0.1, 0.15) is 17.4 Å². The minimum atomic E-state index is -4.63. The lowest BCUT2D eigenvalue weighted by Gasteiger charge is -2.52. The van der Waals surface area contributed by atoms with Crippen LogP contribution < -0.4 is 26.1 Å². The summed E-state index contributed by atoms with van der Waals surface area (Å²) in [5.74, 6) is -0.0729. The smallest absolute Gasteiger partial charge is 0.389 e. The Bertz CT molecular complexity index is 2580. The standard InChI is InChI=1S/C47H58F3N9O5S/c1-29-24-32(8-9-35(29)52-43-51-27-34(47(48,49)50)41(54-43)58-22-16-46(63,17-23-58)31-6-7-31)65(64)33-25-45(26-33)14-20-56(21-15-45)28-30-12-18-57(19-13-30)36-4-3-5-37-40(36)55(2)44(62)59(37)38-10-11-39(60)53-42(38)61/h3-5,8-9,24,27,30-31,33,38,63H,6-7,10-23,25-26,28H2,1-2H3,(H,51,52,54)(H,53,60,61). The van der Waals surface area contributed by atoms with Gasteiger partial charge in [-0.2, -0.15) is 18.2 Å². The minimum absolute atomic E-state index is 0.0502. The second kappa shape index (κ2) is 16.8. The molecule has 2 saturated carbocycles. The summed E-state index contributed by atoms with van der Waals surface area (Å²) >= 11 is 0. The molecular weight excluding hydrogens is 860 g/mol. The molecule has 14 nitrogen and oxygen atoms in total. The van der Waals surface area contributed by atoms with Gasteiger partial charge in [-0.15, -0.1) is 0 Å². The molecule has 2 aliphatic carbocycles. The molecule has 6 fully saturated rings. The highest BCUT2D eigenvalue weighted by Crippen LogP contribution is 2.52. The summed E-state index contributed by atoms with van der Waals surface area (Å²) in [7, 11) is 0.562. The van der Waals surface area contributed by atoms with Crippen molar-refractivity contribution in [1.29, 1.82) is 0 Å². The third-order valence-corrected chi connectivity index (χ3v) is 17.3. The van der Waals surface area contributed by atoms with E-state index in [2.05, 4.69) is 36.5 Å². The number of imidazole rings is 1. The molecule has 2 atom stereocenters. The summed E-state index contributed by atoms with van der Waals surface area (Å²) < 4.78 is 59.3. The van der Waals surface area contributed by atoms with Crippen LogP contribution in [0.5, 0.6) is 0 Å². The first kappa shape index (κ1) is 44.0. The number of aromatic nitrogens is 4. The van der Waals surface area contributed by atoms with Gasteiger partial charge in [-0.3, -0.25) is 28.2 Å². The Balaban J connectivity index is 0.707. The Kier molecular flexibility index (Phi) is 11.4. The molecule has 1 spiro atoms. The first-order valence-corrected chi connectivity index (χ1v) is 24.5. The number of rotatable bonds is 10. The monoisotopic (exact) mass is 917 g/mol. The molecule has 2 aromatic carbocycles. The third kappa shape index (κ3) is 8.47. The van der Waals surface area contributed by atoms with Crippen LogP contribution in [0.25, 0.3) is 11.0 Å². The highest BCUT2D eigenvalue weighted by molar-refractivity contribution is 7.85. The number of alkyl halides is 3. The fourth-order valence-corrected chi connectivity index (χ4v) is 13.4. The van der Waals surface area contributed by atoms with Crippen LogP contribution in [-0.4, -0.2) is 102 Å². The number of hydrogen-bond donors (Lipinski definition) is 3. The number of benzene rings is 2. The summed E-state index contributed by atoms with van der Waals surface area (Å²) in [5, 5.41) is 16.6. The summed E-state index contributed by atoms with van der Waals surface area (Å²) in [5.41, 5.74) is 2.19. The van der Waals surface area contributed by atoms with E-state index in [9.17, 15) is 36.9 Å². The normalized spacial score (nSPS) is 23.8. The summed E-state index contributed by atoms with van der Waals surface area (Å²) in [4.78, 5) is 53.7. The van der Waals surface area contributed by atoms with Crippen molar-refractivity contribution >= 4 is 56.8 Å². The summed E-state index contributed by atoms with van der Waals surface area (Å²) in [6.07, 6.45) is 5.57. The van der Waals surface area contributed by atoms with Crippen LogP contribution in [0.1, 0.15) is 94.2 Å². The van der Waals surface area contributed by atoms with Crippen LogP contribution >= 0.6 is 0 Å². The lowest BCUT2D eigenvalue weighted by atomic mass is 9.63. The molecule has 2 amide bonds. The van der Waals surface area contributed by atoms with E-state index in [1.165, 1.54) is 0 Å². The number of amides is 2. The number of carbonyl (C=O) groups is 2. The number of para-hydroxylation sites is 1. The highest BCUT2D eigenvalue weighted by atomic mass is 32.2. The largest absolute Gasteiger partial charge is 0.421 e. The number of carbonyl (C=O) groups excluding carboxylic acids is 2. The van der Waals surface area contributed by atoms with Crippen molar-refractivity contribution in [2.75, 3.05) is 60.9 Å². The van der Waals surface area contributed by atoms with Crippen molar-refractivity contribution in [3.05, 3.63) is 64.2 Å². The molecular formula is C47H58F3N9O5S. The molecule has 10 rings (SSSR count). The van der Waals surface area contributed by atoms with E-state index in [1.807, 2.05) is 31.2 Å². The maximum Gasteiger partial charge on any atom is 0.421 e. The SMILES string of the molecule is Cc1cc(S(=O)C2CC3(CCN(CC4CCN(c5cccc6c5n(C)c(=O)n6C5CCC(=O)NC5=O)CC4)CC3)C2)ccc1Nc1ncc(C(F)(F)F)c(N2CCC(O)(C3CC3)CC2)n1. The van der Waals surface area contributed by atoms with Gasteiger partial charge in [-0.25, -0.2) is 9.78 Å². The zero-order valence-corrected chi connectivity index (χ0v) is 37.9. The van der Waals surface area contributed by atoms with Crippen LogP contribution in [0.3, 0.4) is 0 Å². The minimum Gasteiger partial charge on any atom is -0.389 e. The molecule has 4 aromatic rings. The van der Waals surface area contributed by atoms with Gasteiger partial charge in [0.25, 0.3) is 0 Å². The number of imide groups is 1. The van der Waals surface area contributed by atoms with Crippen molar-refractivity contribution in [3.63, 3.8) is 0 Å². The number of nitrogens with zero attached hydrogens (tertiary/aromatic N) is 7. The number of likely N-dealkylation sites (tertiary alicyclic amines) is 1. The predicted molar refractivity (Wildman–Crippen MR) is 242 cm³/mol. The van der Waals surface area contributed by atoms with Crippen LogP contribution in [0, 0.1) is 24.2 Å². The Morgan fingerprint density at radius 2 is 1.65 bits per heavy atom. The third-order valence-electron chi connectivity index (χ3n) is 15.6. The van der Waals surface area contributed by atoms with Gasteiger partial charge in [-0.05, 0) is 144 Å². The molecule has 4 aliphatic heterocycles. The van der Waals surface area contributed by atoms with Crippen molar-refractivity contribution in [2.45, 2.75) is 112 Å². The van der Waals surface area contributed by atoms with Crippen LogP contribution in [0.4, 0.5) is 36.3 Å². The number of aliphatic hydroxyl groups is 1. The molecule has 2 unspecified atom stereocenters. The first-order chi connectivity index (χ1) is 31.1. The van der Waals surface area contributed by atoms with Gasteiger partial charge < -0.3 is 25.1 Å². The second-order valence-corrected chi connectivity index (χ2v) is 21.5. The average molecular weight is 918 g/mol. The summed E-state index contributed by atoms with van der Waals surface area (Å²) in [6, 6.07) is 10.7. The Morgan fingerprint density at radius 3 is 2.31 bits per heavy atom. The molecule has 0 radical (unpaired) electrons. The number of hydrogen-bond acceptors (Lipinski definition) is 11. The first-order valence-electron chi connectivity index (χ1n) is 23.3. The molecule has 6 aliphatic rings. The zero-order chi connectivity index (χ0) is 45.4. The number of anilines is 4. The molecule has 65 heavy (non-hydrogen) atoms. The summed E-state index contributed by atoms with van der Waals surface area (Å²) in [6.45, 7) is 7.31. The predicted octanol–water partition coefficient (Wildman–Crippen LogP) is 6.19. The fourth-order valence-electron chi connectivity index (χ4n) is 11.5. The topological polar surface area (TPSA) is 158 Å². The van der Waals surface area contributed by atoms with Crippen molar-refractivity contribution in [1.82, 2.24) is 29.3 Å². The Morgan fingerprint density at radius 1 is 0.923 bits per heavy atom. The van der Waals surface area contributed by atoms with Gasteiger partial charge in [-0.1, -0.05) is 6.07 Å². The quantitative estimate of drug-likeness (QED) is 0.156. The van der Waals surface area contributed by atoms with Crippen LogP contribution in [0.2, 0.25) is 0 Å². The van der Waals surface area contributed by atoms with Gasteiger partial charge in [0.05, 0.1) is 33.1 Å². The van der Waals surface area contributed by atoms with Crippen molar-refractivity contribution in [3.8, 4) is 0 Å². The maximum atomic E-state index is 14.1. The van der Waals surface area contributed by atoms with Gasteiger partial charge in [0.15, 0.2) is 0 Å². The molecule has 3 N–H and O–H groups in total. The zero-order valence-electron chi connectivity index (χ0n) is 37.0. The van der Waals surface area contributed by atoms with E-state index in [-0.39, 0.29) is 59.5 Å². The van der Waals surface area contributed by atoms with Crippen molar-refractivity contribution < 1.29 is 32.1 Å². The van der Waals surface area contributed by atoms with Crippen LogP contribution in [-0.2, 0) is 33.6 Å². The number of halogens is 3. The van der Waals surface area contributed by atoms with E-state index in [1.54, 1.807) is 27.1 Å². The average Bonchev–Trinajstić information content (AvgIpc) is 4.11. The van der Waals surface area contributed by atoms with E-state index < -0.39 is 40.1 Å². The second-order valence-electron chi connectivity index (χ2n) is 19.8.